The molecule has 0 saturated heterocycles. The van der Waals surface area contributed by atoms with Gasteiger partial charge in [0.25, 0.3) is 0 Å². The number of hydrogen-bond acceptors (Lipinski definition) is 4. The van der Waals surface area contributed by atoms with E-state index >= 15 is 0 Å². The molecule has 5 nitrogen and oxygen atoms in total. The molecule has 0 saturated carbocycles. The molecule has 1 N–H and O–H groups in total. The van der Waals surface area contributed by atoms with Crippen molar-refractivity contribution >= 4 is 35.0 Å². The Morgan fingerprint density at radius 1 is 1.19 bits per heavy atom. The van der Waals surface area contributed by atoms with Gasteiger partial charge in [0.2, 0.25) is 5.91 Å². The molecule has 0 unspecified atom stereocenters. The second kappa shape index (κ2) is 8.38. The maximum atomic E-state index is 12.2. The van der Waals surface area contributed by atoms with E-state index in [1.165, 1.54) is 11.8 Å². The first kappa shape index (κ1) is 18.5. The molecule has 26 heavy (non-hydrogen) atoms. The third-order valence-electron chi connectivity index (χ3n) is 3.84. The Morgan fingerprint density at radius 3 is 2.65 bits per heavy atom. The highest BCUT2D eigenvalue weighted by molar-refractivity contribution is 7.99. The number of halogens is 1. The highest BCUT2D eigenvalue weighted by Gasteiger charge is 2.14. The van der Waals surface area contributed by atoms with Crippen LogP contribution in [-0.2, 0) is 11.3 Å². The van der Waals surface area contributed by atoms with E-state index in [2.05, 4.69) is 15.5 Å². The summed E-state index contributed by atoms with van der Waals surface area (Å²) in [5, 5.41) is 12.8. The Hall–Kier alpha value is -2.31. The maximum Gasteiger partial charge on any atom is 0.234 e. The lowest BCUT2D eigenvalue weighted by Crippen LogP contribution is -2.14. The monoisotopic (exact) mass is 386 g/mol. The van der Waals surface area contributed by atoms with Gasteiger partial charge in [0, 0.05) is 22.8 Å². The molecule has 0 radical (unpaired) electrons. The van der Waals surface area contributed by atoms with Crippen LogP contribution in [0.15, 0.2) is 53.7 Å². The van der Waals surface area contributed by atoms with Crippen LogP contribution < -0.4 is 5.32 Å². The highest BCUT2D eigenvalue weighted by atomic mass is 35.5. The van der Waals surface area contributed by atoms with Gasteiger partial charge in [0.1, 0.15) is 0 Å². The quantitative estimate of drug-likeness (QED) is 0.626. The minimum absolute atomic E-state index is 0.0939. The first-order valence-electron chi connectivity index (χ1n) is 8.26. The fraction of sp³-hybridized carbons (Fsp3) is 0.211. The number of carbonyl (C=O) groups is 1. The maximum absolute atomic E-state index is 12.2. The minimum atomic E-state index is -0.0939. The number of hydrogen-bond donors (Lipinski definition) is 1. The van der Waals surface area contributed by atoms with Gasteiger partial charge in [0.15, 0.2) is 11.0 Å². The number of rotatable bonds is 6. The second-order valence-electron chi connectivity index (χ2n) is 5.72. The molecule has 0 aliphatic heterocycles. The van der Waals surface area contributed by atoms with Gasteiger partial charge >= 0.3 is 0 Å². The molecule has 0 aliphatic rings. The molecule has 1 aromatic heterocycles. The average Bonchev–Trinajstić information content (AvgIpc) is 3.07. The third-order valence-corrected chi connectivity index (χ3v) is 5.23. The summed E-state index contributed by atoms with van der Waals surface area (Å²) in [6, 6.07) is 15.3. The SMILES string of the molecule is CCn1c(SCC(=O)Nc2ccc(Cl)c(C)c2)nnc1-c1ccccc1. The fourth-order valence-electron chi connectivity index (χ4n) is 2.53. The molecule has 2 aromatic carbocycles. The van der Waals surface area contributed by atoms with Crippen molar-refractivity contribution in [1.82, 2.24) is 14.8 Å². The van der Waals surface area contributed by atoms with Crippen LogP contribution in [0.2, 0.25) is 5.02 Å². The molecule has 0 bridgehead atoms. The van der Waals surface area contributed by atoms with E-state index in [0.29, 0.717) is 5.02 Å². The lowest BCUT2D eigenvalue weighted by Gasteiger charge is -2.08. The van der Waals surface area contributed by atoms with Gasteiger partial charge in [0.05, 0.1) is 5.75 Å². The Balaban J connectivity index is 1.67. The standard InChI is InChI=1S/C19H19ClN4OS/c1-3-24-18(14-7-5-4-6-8-14)22-23-19(24)26-12-17(25)21-15-9-10-16(20)13(2)11-15/h4-11H,3,12H2,1-2H3,(H,21,25). The highest BCUT2D eigenvalue weighted by Crippen LogP contribution is 2.24. The van der Waals surface area contributed by atoms with Crippen molar-refractivity contribution in [1.29, 1.82) is 0 Å². The number of benzene rings is 2. The van der Waals surface area contributed by atoms with Crippen molar-refractivity contribution in [3.8, 4) is 11.4 Å². The summed E-state index contributed by atoms with van der Waals surface area (Å²) in [5.74, 6) is 0.974. The summed E-state index contributed by atoms with van der Waals surface area (Å²) in [5.41, 5.74) is 2.67. The smallest absolute Gasteiger partial charge is 0.234 e. The summed E-state index contributed by atoms with van der Waals surface area (Å²) in [4.78, 5) is 12.2. The van der Waals surface area contributed by atoms with E-state index < -0.39 is 0 Å². The van der Waals surface area contributed by atoms with Gasteiger partial charge < -0.3 is 9.88 Å². The molecule has 1 amide bonds. The van der Waals surface area contributed by atoms with Gasteiger partial charge in [-0.3, -0.25) is 4.79 Å². The van der Waals surface area contributed by atoms with Crippen LogP contribution in [0.4, 0.5) is 5.69 Å². The molecule has 134 valence electrons. The third kappa shape index (κ3) is 4.26. The van der Waals surface area contributed by atoms with Crippen molar-refractivity contribution in [2.45, 2.75) is 25.5 Å². The van der Waals surface area contributed by atoms with Crippen LogP contribution in [0, 0.1) is 6.92 Å². The summed E-state index contributed by atoms with van der Waals surface area (Å²) in [6.45, 7) is 4.68. The average molecular weight is 387 g/mol. The van der Waals surface area contributed by atoms with Gasteiger partial charge in [-0.05, 0) is 37.6 Å². The zero-order chi connectivity index (χ0) is 18.5. The van der Waals surface area contributed by atoms with E-state index in [-0.39, 0.29) is 11.7 Å². The van der Waals surface area contributed by atoms with Gasteiger partial charge in [-0.2, -0.15) is 0 Å². The van der Waals surface area contributed by atoms with Crippen molar-refractivity contribution in [3.63, 3.8) is 0 Å². The summed E-state index contributed by atoms with van der Waals surface area (Å²) < 4.78 is 2.01. The van der Waals surface area contributed by atoms with Crippen molar-refractivity contribution in [3.05, 3.63) is 59.1 Å². The minimum Gasteiger partial charge on any atom is -0.325 e. The number of carbonyl (C=O) groups excluding carboxylic acids is 1. The zero-order valence-electron chi connectivity index (χ0n) is 14.6. The second-order valence-corrected chi connectivity index (χ2v) is 7.07. The predicted molar refractivity (Wildman–Crippen MR) is 107 cm³/mol. The Morgan fingerprint density at radius 2 is 1.96 bits per heavy atom. The molecular weight excluding hydrogens is 368 g/mol. The molecule has 0 fully saturated rings. The number of thioether (sulfide) groups is 1. The predicted octanol–water partition coefficient (Wildman–Crippen LogP) is 4.66. The topological polar surface area (TPSA) is 59.8 Å². The van der Waals surface area contributed by atoms with Crippen LogP contribution in [0.3, 0.4) is 0 Å². The summed E-state index contributed by atoms with van der Waals surface area (Å²) >= 11 is 7.38. The zero-order valence-corrected chi connectivity index (χ0v) is 16.1. The van der Waals surface area contributed by atoms with E-state index in [0.717, 1.165) is 34.3 Å². The normalized spacial score (nSPS) is 10.7. The van der Waals surface area contributed by atoms with Crippen LogP contribution in [-0.4, -0.2) is 26.4 Å². The lowest BCUT2D eigenvalue weighted by atomic mass is 10.2. The molecule has 0 spiro atoms. The van der Waals surface area contributed by atoms with Crippen molar-refractivity contribution in [2.24, 2.45) is 0 Å². The summed E-state index contributed by atoms with van der Waals surface area (Å²) in [7, 11) is 0. The first-order valence-corrected chi connectivity index (χ1v) is 9.62. The number of anilines is 1. The molecule has 1 heterocycles. The van der Waals surface area contributed by atoms with Gasteiger partial charge in [-0.15, -0.1) is 10.2 Å². The lowest BCUT2D eigenvalue weighted by molar-refractivity contribution is -0.113. The Bertz CT molecular complexity index is 911. The van der Waals surface area contributed by atoms with Crippen LogP contribution in [0.25, 0.3) is 11.4 Å². The van der Waals surface area contributed by atoms with Gasteiger partial charge in [-0.1, -0.05) is 53.7 Å². The number of amides is 1. The van der Waals surface area contributed by atoms with Crippen molar-refractivity contribution in [2.75, 3.05) is 11.1 Å². The largest absolute Gasteiger partial charge is 0.325 e. The number of aromatic nitrogens is 3. The molecule has 0 atom stereocenters. The van der Waals surface area contributed by atoms with Crippen LogP contribution in [0.1, 0.15) is 12.5 Å². The van der Waals surface area contributed by atoms with E-state index in [4.69, 9.17) is 11.6 Å². The van der Waals surface area contributed by atoms with E-state index in [9.17, 15) is 4.79 Å². The van der Waals surface area contributed by atoms with E-state index in [1.807, 2.05) is 54.8 Å². The van der Waals surface area contributed by atoms with Crippen LogP contribution >= 0.6 is 23.4 Å². The van der Waals surface area contributed by atoms with Crippen LogP contribution in [0.5, 0.6) is 0 Å². The Labute approximate surface area is 161 Å². The van der Waals surface area contributed by atoms with E-state index in [1.54, 1.807) is 12.1 Å². The molecule has 0 aliphatic carbocycles. The molecule has 3 aromatic rings. The Kier molecular flexibility index (Phi) is 5.96. The van der Waals surface area contributed by atoms with Crippen molar-refractivity contribution < 1.29 is 4.79 Å². The number of aryl methyl sites for hydroxylation is 1. The number of nitrogens with zero attached hydrogens (tertiary/aromatic N) is 3. The number of nitrogens with one attached hydrogen (secondary N) is 1. The first-order chi connectivity index (χ1) is 12.6. The fourth-order valence-corrected chi connectivity index (χ4v) is 3.45. The molecule has 3 rings (SSSR count). The van der Waals surface area contributed by atoms with Gasteiger partial charge in [-0.25, -0.2) is 0 Å². The summed E-state index contributed by atoms with van der Waals surface area (Å²) in [6.07, 6.45) is 0. The molecular formula is C19H19ClN4OS. The molecule has 7 heteroatoms.